The number of carboxylic acids is 1. The summed E-state index contributed by atoms with van der Waals surface area (Å²) in [5.74, 6) is -1.50. The van der Waals surface area contributed by atoms with E-state index >= 15 is 0 Å². The summed E-state index contributed by atoms with van der Waals surface area (Å²) in [6.07, 6.45) is 1.91. The van der Waals surface area contributed by atoms with E-state index in [0.29, 0.717) is 6.42 Å². The van der Waals surface area contributed by atoms with Gasteiger partial charge in [-0.25, -0.2) is 4.79 Å². The summed E-state index contributed by atoms with van der Waals surface area (Å²) in [4.78, 5) is 25.4. The first-order chi connectivity index (χ1) is 13.7. The number of hydrogen-bond acceptors (Lipinski definition) is 4. The molecule has 1 atom stereocenters. The minimum Gasteiger partial charge on any atom is -0.480 e. The molecule has 1 N–H and O–H groups in total. The van der Waals surface area contributed by atoms with Crippen molar-refractivity contribution >= 4 is 11.9 Å². The molecule has 1 aliphatic carbocycles. The van der Waals surface area contributed by atoms with Crippen LogP contribution in [-0.4, -0.2) is 40.8 Å². The van der Waals surface area contributed by atoms with E-state index in [-0.39, 0.29) is 24.0 Å². The van der Waals surface area contributed by atoms with Gasteiger partial charge in [-0.1, -0.05) is 38.2 Å². The molecular weight excluding hydrogens is 391 g/mol. The summed E-state index contributed by atoms with van der Waals surface area (Å²) in [5.41, 5.74) is 0. The molecule has 0 bridgehead atoms. The zero-order valence-electron chi connectivity index (χ0n) is 15.7. The van der Waals surface area contributed by atoms with Gasteiger partial charge in [-0.3, -0.25) is 4.79 Å². The second kappa shape index (κ2) is 8.75. The van der Waals surface area contributed by atoms with Gasteiger partial charge in [0.25, 0.3) is 5.91 Å². The monoisotopic (exact) mass is 413 g/mol. The SMILES string of the molecule is O=C(O)C(CC1CCCCC1)N1CC(Oc2cccc(OC(F)(F)F)c2)=CC1=O. The van der Waals surface area contributed by atoms with Gasteiger partial charge < -0.3 is 19.5 Å². The highest BCUT2D eigenvalue weighted by Crippen LogP contribution is 2.31. The number of nitrogens with zero attached hydrogens (tertiary/aromatic N) is 1. The number of benzene rings is 1. The first-order valence-electron chi connectivity index (χ1n) is 9.49. The highest BCUT2D eigenvalue weighted by molar-refractivity contribution is 5.94. The second-order valence-corrected chi connectivity index (χ2v) is 7.30. The smallest absolute Gasteiger partial charge is 0.480 e. The standard InChI is InChI=1S/C20H22F3NO5/c21-20(22,23)29-15-8-4-7-14(10-15)28-16-11-18(25)24(12-16)17(19(26)27)9-13-5-2-1-3-6-13/h4,7-8,10-11,13,17H,1-3,5-6,9,12H2,(H,26,27). The van der Waals surface area contributed by atoms with Crippen LogP contribution in [0.25, 0.3) is 0 Å². The molecule has 1 amide bonds. The van der Waals surface area contributed by atoms with E-state index in [9.17, 15) is 27.9 Å². The number of amides is 1. The van der Waals surface area contributed by atoms with Crippen molar-refractivity contribution in [3.05, 3.63) is 36.1 Å². The average Bonchev–Trinajstić information content (AvgIpc) is 2.99. The van der Waals surface area contributed by atoms with Gasteiger partial charge in [-0.15, -0.1) is 13.2 Å². The lowest BCUT2D eigenvalue weighted by atomic mass is 9.84. The average molecular weight is 413 g/mol. The molecule has 2 aliphatic rings. The van der Waals surface area contributed by atoms with Gasteiger partial charge in [0.15, 0.2) is 0 Å². The van der Waals surface area contributed by atoms with Gasteiger partial charge in [0.05, 0.1) is 6.54 Å². The molecule has 1 saturated carbocycles. The van der Waals surface area contributed by atoms with E-state index in [1.165, 1.54) is 23.1 Å². The van der Waals surface area contributed by atoms with Crippen molar-refractivity contribution in [2.45, 2.75) is 50.9 Å². The molecule has 0 saturated heterocycles. The fourth-order valence-corrected chi connectivity index (χ4v) is 3.82. The van der Waals surface area contributed by atoms with E-state index in [1.807, 2.05) is 0 Å². The summed E-state index contributed by atoms with van der Waals surface area (Å²) in [7, 11) is 0. The fraction of sp³-hybridized carbons (Fsp3) is 0.500. The Balaban J connectivity index is 1.64. The molecule has 6 nitrogen and oxygen atoms in total. The van der Waals surface area contributed by atoms with Crippen molar-refractivity contribution in [3.8, 4) is 11.5 Å². The van der Waals surface area contributed by atoms with Crippen LogP contribution in [-0.2, 0) is 9.59 Å². The highest BCUT2D eigenvalue weighted by atomic mass is 19.4. The largest absolute Gasteiger partial charge is 0.573 e. The van der Waals surface area contributed by atoms with E-state index in [2.05, 4.69) is 4.74 Å². The van der Waals surface area contributed by atoms with Crippen LogP contribution in [0.1, 0.15) is 38.5 Å². The van der Waals surface area contributed by atoms with Gasteiger partial charge in [-0.05, 0) is 24.5 Å². The normalized spacial score (nSPS) is 19.1. The molecule has 1 fully saturated rings. The molecule has 0 spiro atoms. The third-order valence-electron chi connectivity index (χ3n) is 5.12. The second-order valence-electron chi connectivity index (χ2n) is 7.30. The van der Waals surface area contributed by atoms with Gasteiger partial charge >= 0.3 is 12.3 Å². The lowest BCUT2D eigenvalue weighted by Gasteiger charge is -2.30. The Hall–Kier alpha value is -2.71. The maximum atomic E-state index is 12.4. The number of halogens is 3. The van der Waals surface area contributed by atoms with Crippen molar-refractivity contribution in [2.24, 2.45) is 5.92 Å². The number of aliphatic carboxylic acids is 1. The Morgan fingerprint density at radius 1 is 1.21 bits per heavy atom. The summed E-state index contributed by atoms with van der Waals surface area (Å²) < 4.78 is 46.4. The van der Waals surface area contributed by atoms with Gasteiger partial charge in [0.2, 0.25) is 0 Å². The van der Waals surface area contributed by atoms with Crippen LogP contribution < -0.4 is 9.47 Å². The van der Waals surface area contributed by atoms with Crippen LogP contribution in [0.15, 0.2) is 36.1 Å². The Kier molecular flexibility index (Phi) is 6.34. The summed E-state index contributed by atoms with van der Waals surface area (Å²) in [6.45, 7) is -0.0487. The molecule has 1 aliphatic heterocycles. The van der Waals surface area contributed by atoms with Crippen LogP contribution >= 0.6 is 0 Å². The Morgan fingerprint density at radius 2 is 1.90 bits per heavy atom. The third-order valence-corrected chi connectivity index (χ3v) is 5.12. The zero-order valence-corrected chi connectivity index (χ0v) is 15.7. The van der Waals surface area contributed by atoms with Crippen LogP contribution in [0.4, 0.5) is 13.2 Å². The minimum absolute atomic E-state index is 0.0487. The van der Waals surface area contributed by atoms with Crippen molar-refractivity contribution in [2.75, 3.05) is 6.54 Å². The first kappa shape index (κ1) is 21.0. The lowest BCUT2D eigenvalue weighted by Crippen LogP contribution is -2.44. The van der Waals surface area contributed by atoms with Gasteiger partial charge in [-0.2, -0.15) is 0 Å². The number of carbonyl (C=O) groups is 2. The summed E-state index contributed by atoms with van der Waals surface area (Å²) in [5, 5.41) is 9.62. The van der Waals surface area contributed by atoms with E-state index < -0.39 is 30.0 Å². The summed E-state index contributed by atoms with van der Waals surface area (Å²) >= 11 is 0. The van der Waals surface area contributed by atoms with E-state index in [1.54, 1.807) is 0 Å². The van der Waals surface area contributed by atoms with Crippen molar-refractivity contribution in [1.29, 1.82) is 0 Å². The number of alkyl halides is 3. The predicted octanol–water partition coefficient (Wildman–Crippen LogP) is 4.11. The van der Waals surface area contributed by atoms with E-state index in [4.69, 9.17) is 4.74 Å². The molecule has 0 aromatic heterocycles. The quantitative estimate of drug-likeness (QED) is 0.728. The van der Waals surface area contributed by atoms with Crippen LogP contribution in [0.3, 0.4) is 0 Å². The minimum atomic E-state index is -4.83. The predicted molar refractivity (Wildman–Crippen MR) is 96.2 cm³/mol. The third kappa shape index (κ3) is 5.88. The Bertz CT molecular complexity index is 787. The molecule has 1 unspecified atom stereocenters. The molecule has 0 radical (unpaired) electrons. The Morgan fingerprint density at radius 3 is 2.55 bits per heavy atom. The molecule has 1 aromatic carbocycles. The van der Waals surface area contributed by atoms with Gasteiger partial charge in [0.1, 0.15) is 23.3 Å². The van der Waals surface area contributed by atoms with Crippen LogP contribution in [0.2, 0.25) is 0 Å². The lowest BCUT2D eigenvalue weighted by molar-refractivity contribution is -0.274. The summed E-state index contributed by atoms with van der Waals surface area (Å²) in [6, 6.07) is 3.98. The van der Waals surface area contributed by atoms with E-state index in [0.717, 1.165) is 44.2 Å². The number of rotatable bonds is 7. The Labute approximate surface area is 165 Å². The maximum absolute atomic E-state index is 12.4. The van der Waals surface area contributed by atoms with Crippen molar-refractivity contribution in [3.63, 3.8) is 0 Å². The highest BCUT2D eigenvalue weighted by Gasteiger charge is 2.36. The van der Waals surface area contributed by atoms with Gasteiger partial charge in [0, 0.05) is 12.1 Å². The number of hydrogen-bond donors (Lipinski definition) is 1. The maximum Gasteiger partial charge on any atom is 0.573 e. The topological polar surface area (TPSA) is 76.1 Å². The first-order valence-corrected chi connectivity index (χ1v) is 9.49. The van der Waals surface area contributed by atoms with Crippen molar-refractivity contribution < 1.29 is 37.3 Å². The molecule has 9 heteroatoms. The number of carboxylic acid groups (broad SMARTS) is 1. The van der Waals surface area contributed by atoms with Crippen LogP contribution in [0.5, 0.6) is 11.5 Å². The van der Waals surface area contributed by atoms with Crippen molar-refractivity contribution in [1.82, 2.24) is 4.90 Å². The van der Waals surface area contributed by atoms with Crippen LogP contribution in [0, 0.1) is 5.92 Å². The molecule has 158 valence electrons. The molecule has 29 heavy (non-hydrogen) atoms. The molecule has 3 rings (SSSR count). The molecule has 1 aromatic rings. The number of carbonyl (C=O) groups excluding carboxylic acids is 1. The molecular formula is C20H22F3NO5. The molecule has 1 heterocycles. The zero-order chi connectivity index (χ0) is 21.0. The number of ether oxygens (including phenoxy) is 2. The fourth-order valence-electron chi connectivity index (χ4n) is 3.82.